The van der Waals surface area contributed by atoms with Gasteiger partial charge in [-0.25, -0.2) is 8.42 Å². The summed E-state index contributed by atoms with van der Waals surface area (Å²) < 4.78 is 32.9. The Labute approximate surface area is 139 Å². The molecule has 1 N–H and O–H groups in total. The highest BCUT2D eigenvalue weighted by atomic mass is 35.5. The van der Waals surface area contributed by atoms with Gasteiger partial charge in [0.2, 0.25) is 0 Å². The van der Waals surface area contributed by atoms with Crippen LogP contribution in [0.4, 0.5) is 5.69 Å². The van der Waals surface area contributed by atoms with Crippen LogP contribution in [0.1, 0.15) is 5.56 Å². The molecule has 0 spiro atoms. The van der Waals surface area contributed by atoms with E-state index in [1.165, 1.54) is 12.1 Å². The number of rotatable bonds is 4. The summed E-state index contributed by atoms with van der Waals surface area (Å²) in [6.45, 7) is 1.84. The van der Waals surface area contributed by atoms with Crippen LogP contribution < -0.4 is 4.72 Å². The number of benzene rings is 2. The van der Waals surface area contributed by atoms with E-state index in [1.54, 1.807) is 30.5 Å². The Kier molecular flexibility index (Phi) is 4.15. The van der Waals surface area contributed by atoms with Crippen molar-refractivity contribution >= 4 is 27.3 Å². The lowest BCUT2D eigenvalue weighted by atomic mass is 10.1. The standard InChI is InChI=1S/C17H14ClNO3S/c1-12-4-5-13(17-3-2-10-22-17)11-16(12)19-23(20,21)15-8-6-14(18)7-9-15/h2-11,19H,1H3. The molecule has 0 radical (unpaired) electrons. The lowest BCUT2D eigenvalue weighted by Crippen LogP contribution is -2.13. The average Bonchev–Trinajstić information content (AvgIpc) is 3.04. The van der Waals surface area contributed by atoms with Crippen molar-refractivity contribution in [3.05, 3.63) is 71.4 Å². The van der Waals surface area contributed by atoms with Gasteiger partial charge in [0.05, 0.1) is 16.8 Å². The van der Waals surface area contributed by atoms with E-state index in [4.69, 9.17) is 16.0 Å². The molecule has 0 aliphatic carbocycles. The largest absolute Gasteiger partial charge is 0.464 e. The molecular weight excluding hydrogens is 334 g/mol. The van der Waals surface area contributed by atoms with Crippen LogP contribution in [0.15, 0.2) is 70.2 Å². The fraction of sp³-hybridized carbons (Fsp3) is 0.0588. The highest BCUT2D eigenvalue weighted by Crippen LogP contribution is 2.27. The highest BCUT2D eigenvalue weighted by molar-refractivity contribution is 7.92. The zero-order chi connectivity index (χ0) is 16.4. The third-order valence-corrected chi connectivity index (χ3v) is 5.04. The van der Waals surface area contributed by atoms with Gasteiger partial charge in [-0.05, 0) is 55.0 Å². The normalized spacial score (nSPS) is 11.4. The summed E-state index contributed by atoms with van der Waals surface area (Å²) in [6.07, 6.45) is 1.58. The molecule has 0 saturated carbocycles. The predicted octanol–water partition coefficient (Wildman–Crippen LogP) is 4.71. The summed E-state index contributed by atoms with van der Waals surface area (Å²) in [7, 11) is -3.68. The van der Waals surface area contributed by atoms with Crippen LogP contribution in [-0.2, 0) is 10.0 Å². The molecule has 23 heavy (non-hydrogen) atoms. The van der Waals surface area contributed by atoms with E-state index in [1.807, 2.05) is 25.1 Å². The van der Waals surface area contributed by atoms with E-state index in [0.29, 0.717) is 16.5 Å². The maximum Gasteiger partial charge on any atom is 0.261 e. The molecule has 4 nitrogen and oxygen atoms in total. The smallest absolute Gasteiger partial charge is 0.261 e. The maximum atomic E-state index is 12.5. The second-order valence-electron chi connectivity index (χ2n) is 5.07. The quantitative estimate of drug-likeness (QED) is 0.743. The number of sulfonamides is 1. The van der Waals surface area contributed by atoms with E-state index in [2.05, 4.69) is 4.72 Å². The molecule has 0 atom stereocenters. The number of hydrogen-bond donors (Lipinski definition) is 1. The van der Waals surface area contributed by atoms with Crippen LogP contribution in [0, 0.1) is 6.92 Å². The fourth-order valence-electron chi connectivity index (χ4n) is 2.15. The van der Waals surface area contributed by atoms with Gasteiger partial charge in [0.1, 0.15) is 5.76 Å². The summed E-state index contributed by atoms with van der Waals surface area (Å²) in [5.41, 5.74) is 2.13. The predicted molar refractivity (Wildman–Crippen MR) is 91.1 cm³/mol. The number of aryl methyl sites for hydroxylation is 1. The maximum absolute atomic E-state index is 12.5. The van der Waals surface area contributed by atoms with Crippen molar-refractivity contribution in [1.82, 2.24) is 0 Å². The van der Waals surface area contributed by atoms with Crippen molar-refractivity contribution in [2.45, 2.75) is 11.8 Å². The molecule has 2 aromatic carbocycles. The molecule has 0 amide bonds. The molecule has 1 heterocycles. The van der Waals surface area contributed by atoms with Crippen LogP contribution in [0.25, 0.3) is 11.3 Å². The number of anilines is 1. The molecule has 0 saturated heterocycles. The van der Waals surface area contributed by atoms with Crippen LogP contribution >= 0.6 is 11.6 Å². The van der Waals surface area contributed by atoms with Gasteiger partial charge in [0.25, 0.3) is 10.0 Å². The summed E-state index contributed by atoms with van der Waals surface area (Å²) in [5, 5.41) is 0.486. The number of nitrogens with one attached hydrogen (secondary N) is 1. The van der Waals surface area contributed by atoms with E-state index in [0.717, 1.165) is 11.1 Å². The minimum absolute atomic E-state index is 0.157. The molecule has 0 aliphatic rings. The Hall–Kier alpha value is -2.24. The second-order valence-corrected chi connectivity index (χ2v) is 7.19. The third-order valence-electron chi connectivity index (χ3n) is 3.41. The van der Waals surface area contributed by atoms with Crippen molar-refractivity contribution in [3.63, 3.8) is 0 Å². The van der Waals surface area contributed by atoms with E-state index in [9.17, 15) is 8.42 Å². The summed E-state index contributed by atoms with van der Waals surface area (Å²) in [6, 6.07) is 15.1. The first-order valence-electron chi connectivity index (χ1n) is 6.89. The van der Waals surface area contributed by atoms with Crippen LogP contribution in [-0.4, -0.2) is 8.42 Å². The first-order valence-corrected chi connectivity index (χ1v) is 8.75. The second kappa shape index (κ2) is 6.10. The molecule has 6 heteroatoms. The van der Waals surface area contributed by atoms with Crippen molar-refractivity contribution < 1.29 is 12.8 Å². The fourth-order valence-corrected chi connectivity index (χ4v) is 3.39. The third kappa shape index (κ3) is 3.41. The van der Waals surface area contributed by atoms with Gasteiger partial charge in [0, 0.05) is 10.6 Å². The highest BCUT2D eigenvalue weighted by Gasteiger charge is 2.16. The summed E-state index contributed by atoms with van der Waals surface area (Å²) >= 11 is 5.80. The van der Waals surface area contributed by atoms with Crippen molar-refractivity contribution in [2.75, 3.05) is 4.72 Å². The van der Waals surface area contributed by atoms with Crippen molar-refractivity contribution in [1.29, 1.82) is 0 Å². The summed E-state index contributed by atoms with van der Waals surface area (Å²) in [4.78, 5) is 0.157. The molecule has 3 aromatic rings. The Morgan fingerprint density at radius 3 is 2.43 bits per heavy atom. The molecule has 3 rings (SSSR count). The van der Waals surface area contributed by atoms with Gasteiger partial charge in [0.15, 0.2) is 0 Å². The van der Waals surface area contributed by atoms with Crippen molar-refractivity contribution in [3.8, 4) is 11.3 Å². The van der Waals surface area contributed by atoms with E-state index < -0.39 is 10.0 Å². The summed E-state index contributed by atoms with van der Waals surface area (Å²) in [5.74, 6) is 0.678. The monoisotopic (exact) mass is 347 g/mol. The Bertz CT molecular complexity index is 917. The first kappa shape index (κ1) is 15.6. The topological polar surface area (TPSA) is 59.3 Å². The minimum Gasteiger partial charge on any atom is -0.464 e. The lowest BCUT2D eigenvalue weighted by Gasteiger charge is -2.12. The number of hydrogen-bond acceptors (Lipinski definition) is 3. The van der Waals surface area contributed by atoms with Gasteiger partial charge in [-0.2, -0.15) is 0 Å². The average molecular weight is 348 g/mol. The van der Waals surface area contributed by atoms with Gasteiger partial charge >= 0.3 is 0 Å². The molecule has 1 aromatic heterocycles. The van der Waals surface area contributed by atoms with Gasteiger partial charge in [-0.15, -0.1) is 0 Å². The number of furan rings is 1. The van der Waals surface area contributed by atoms with E-state index in [-0.39, 0.29) is 4.90 Å². The van der Waals surface area contributed by atoms with Gasteiger partial charge in [-0.1, -0.05) is 23.7 Å². The molecule has 0 bridgehead atoms. The Morgan fingerprint density at radius 2 is 1.78 bits per heavy atom. The van der Waals surface area contributed by atoms with E-state index >= 15 is 0 Å². The molecule has 118 valence electrons. The van der Waals surface area contributed by atoms with Gasteiger partial charge < -0.3 is 4.42 Å². The lowest BCUT2D eigenvalue weighted by molar-refractivity contribution is 0.582. The zero-order valence-electron chi connectivity index (χ0n) is 12.3. The Balaban J connectivity index is 1.96. The Morgan fingerprint density at radius 1 is 1.04 bits per heavy atom. The first-order chi connectivity index (χ1) is 11.0. The zero-order valence-corrected chi connectivity index (χ0v) is 13.9. The van der Waals surface area contributed by atoms with Crippen molar-refractivity contribution in [2.24, 2.45) is 0 Å². The molecule has 0 fully saturated rings. The van der Waals surface area contributed by atoms with Crippen LogP contribution in [0.3, 0.4) is 0 Å². The van der Waals surface area contributed by atoms with Crippen LogP contribution in [0.5, 0.6) is 0 Å². The minimum atomic E-state index is -3.68. The number of halogens is 1. The van der Waals surface area contributed by atoms with Crippen LogP contribution in [0.2, 0.25) is 5.02 Å². The molecule has 0 unspecified atom stereocenters. The van der Waals surface area contributed by atoms with Gasteiger partial charge in [-0.3, -0.25) is 4.72 Å². The SMILES string of the molecule is Cc1ccc(-c2ccco2)cc1NS(=O)(=O)c1ccc(Cl)cc1. The molecular formula is C17H14ClNO3S. The molecule has 0 aliphatic heterocycles.